The van der Waals surface area contributed by atoms with Crippen LogP contribution in [0.2, 0.25) is 5.02 Å². The third-order valence-electron chi connectivity index (χ3n) is 3.67. The first-order valence-electron chi connectivity index (χ1n) is 7.94. The van der Waals surface area contributed by atoms with Crippen LogP contribution in [0.25, 0.3) is 0 Å². The molecule has 1 unspecified atom stereocenters. The van der Waals surface area contributed by atoms with Crippen LogP contribution in [0.4, 0.5) is 14.9 Å². The Morgan fingerprint density at radius 3 is 2.74 bits per heavy atom. The number of halogens is 2. The number of carbonyl (C=O) groups excluding carboxylic acids is 1. The topological polar surface area (TPSA) is 41.6 Å². The van der Waals surface area contributed by atoms with Crippen molar-refractivity contribution in [3.05, 3.63) is 29.0 Å². The molecule has 23 heavy (non-hydrogen) atoms. The zero-order chi connectivity index (χ0) is 17.0. The number of benzene rings is 1. The molecule has 1 aliphatic rings. The fourth-order valence-electron chi connectivity index (χ4n) is 2.58. The Morgan fingerprint density at radius 2 is 2.09 bits per heavy atom. The minimum atomic E-state index is -0.493. The van der Waals surface area contributed by atoms with Crippen LogP contribution in [0.5, 0.6) is 0 Å². The highest BCUT2D eigenvalue weighted by atomic mass is 35.5. The molecule has 0 spiro atoms. The molecule has 1 heterocycles. The van der Waals surface area contributed by atoms with E-state index in [2.05, 4.69) is 5.32 Å². The summed E-state index contributed by atoms with van der Waals surface area (Å²) in [5.41, 5.74) is -0.0434. The number of hydrogen-bond donors (Lipinski definition) is 1. The van der Waals surface area contributed by atoms with E-state index >= 15 is 0 Å². The highest BCUT2D eigenvalue weighted by Crippen LogP contribution is 2.23. The van der Waals surface area contributed by atoms with Crippen LogP contribution >= 0.6 is 11.6 Å². The first-order valence-corrected chi connectivity index (χ1v) is 8.32. The molecular weight excluding hydrogens is 319 g/mol. The molecule has 1 aromatic rings. The molecule has 0 radical (unpaired) electrons. The first-order chi connectivity index (χ1) is 10.7. The van der Waals surface area contributed by atoms with Crippen molar-refractivity contribution in [2.45, 2.75) is 51.7 Å². The summed E-state index contributed by atoms with van der Waals surface area (Å²) >= 11 is 5.77. The number of rotatable bonds is 2. The lowest BCUT2D eigenvalue weighted by atomic mass is 10.1. The van der Waals surface area contributed by atoms with E-state index in [0.717, 1.165) is 19.3 Å². The van der Waals surface area contributed by atoms with Gasteiger partial charge in [0, 0.05) is 24.2 Å². The summed E-state index contributed by atoms with van der Waals surface area (Å²) in [5, 5.41) is 3.59. The fraction of sp³-hybridized carbons (Fsp3) is 0.588. The van der Waals surface area contributed by atoms with E-state index in [1.165, 1.54) is 6.07 Å². The lowest BCUT2D eigenvalue weighted by Crippen LogP contribution is -2.37. The van der Waals surface area contributed by atoms with E-state index in [-0.39, 0.29) is 18.0 Å². The summed E-state index contributed by atoms with van der Waals surface area (Å²) in [4.78, 5) is 13.9. The Morgan fingerprint density at radius 1 is 1.35 bits per heavy atom. The summed E-state index contributed by atoms with van der Waals surface area (Å²) in [6.07, 6.45) is 2.20. The molecule has 0 aliphatic carbocycles. The minimum Gasteiger partial charge on any atom is -0.444 e. The maximum Gasteiger partial charge on any atom is 0.410 e. The van der Waals surface area contributed by atoms with E-state index < -0.39 is 5.60 Å². The van der Waals surface area contributed by atoms with Crippen LogP contribution in [-0.2, 0) is 4.74 Å². The van der Waals surface area contributed by atoms with Crippen LogP contribution in [0, 0.1) is 5.82 Å². The molecule has 1 amide bonds. The molecule has 2 rings (SSSR count). The Kier molecular flexibility index (Phi) is 5.74. The molecule has 1 fully saturated rings. The largest absolute Gasteiger partial charge is 0.444 e. The van der Waals surface area contributed by atoms with E-state index in [4.69, 9.17) is 16.3 Å². The summed E-state index contributed by atoms with van der Waals surface area (Å²) in [7, 11) is 0. The van der Waals surface area contributed by atoms with Crippen molar-refractivity contribution in [1.82, 2.24) is 4.90 Å². The van der Waals surface area contributed by atoms with Gasteiger partial charge in [-0.3, -0.25) is 0 Å². The second kappa shape index (κ2) is 7.39. The molecule has 1 aromatic carbocycles. The van der Waals surface area contributed by atoms with Crippen molar-refractivity contribution in [1.29, 1.82) is 0 Å². The van der Waals surface area contributed by atoms with Gasteiger partial charge in [0.2, 0.25) is 0 Å². The van der Waals surface area contributed by atoms with E-state index in [1.807, 2.05) is 20.8 Å². The predicted molar refractivity (Wildman–Crippen MR) is 90.5 cm³/mol. The van der Waals surface area contributed by atoms with Crippen molar-refractivity contribution in [3.63, 3.8) is 0 Å². The number of amides is 1. The zero-order valence-corrected chi connectivity index (χ0v) is 14.6. The molecule has 0 bridgehead atoms. The van der Waals surface area contributed by atoms with Gasteiger partial charge >= 0.3 is 6.09 Å². The number of ether oxygens (including phenoxy) is 1. The lowest BCUT2D eigenvalue weighted by Gasteiger charge is -2.26. The van der Waals surface area contributed by atoms with Crippen molar-refractivity contribution < 1.29 is 13.9 Å². The third-order valence-corrected chi connectivity index (χ3v) is 3.91. The number of likely N-dealkylation sites (tertiary alicyclic amines) is 1. The number of nitrogens with zero attached hydrogens (tertiary/aromatic N) is 1. The summed E-state index contributed by atoms with van der Waals surface area (Å²) in [6, 6.07) is 4.73. The highest BCUT2D eigenvalue weighted by Gasteiger charge is 2.25. The van der Waals surface area contributed by atoms with Gasteiger partial charge in [0.15, 0.2) is 0 Å². The van der Waals surface area contributed by atoms with E-state index in [9.17, 15) is 9.18 Å². The van der Waals surface area contributed by atoms with E-state index in [0.29, 0.717) is 23.8 Å². The van der Waals surface area contributed by atoms with Gasteiger partial charge in [0.05, 0.1) is 5.69 Å². The number of anilines is 1. The van der Waals surface area contributed by atoms with Crippen molar-refractivity contribution in [2.75, 3.05) is 18.4 Å². The van der Waals surface area contributed by atoms with E-state index in [1.54, 1.807) is 17.0 Å². The molecule has 1 saturated heterocycles. The SMILES string of the molecule is CC(C)(C)OC(=O)N1CCCC(Nc2ccc(Cl)cc2F)CC1. The standard InChI is InChI=1S/C17H24ClFN2O2/c1-17(2,3)23-16(22)21-9-4-5-13(8-10-21)20-15-7-6-12(18)11-14(15)19/h6-7,11,13,20H,4-5,8-10H2,1-3H3. The predicted octanol–water partition coefficient (Wildman–Crippen LogP) is 4.68. The van der Waals surface area contributed by atoms with Crippen LogP contribution in [0.3, 0.4) is 0 Å². The van der Waals surface area contributed by atoms with Crippen molar-refractivity contribution in [3.8, 4) is 0 Å². The zero-order valence-electron chi connectivity index (χ0n) is 13.9. The summed E-state index contributed by atoms with van der Waals surface area (Å²) < 4.78 is 19.3. The van der Waals surface area contributed by atoms with Gasteiger partial charge < -0.3 is 15.0 Å². The van der Waals surface area contributed by atoms with Gasteiger partial charge in [0.1, 0.15) is 11.4 Å². The summed E-state index contributed by atoms with van der Waals surface area (Å²) in [5.74, 6) is -0.356. The second-order valence-corrected chi connectivity index (χ2v) is 7.30. The Hall–Kier alpha value is -1.49. The molecule has 4 nitrogen and oxygen atoms in total. The molecule has 0 aromatic heterocycles. The summed E-state index contributed by atoms with van der Waals surface area (Å²) in [6.45, 7) is 6.83. The highest BCUT2D eigenvalue weighted by molar-refractivity contribution is 6.30. The van der Waals surface area contributed by atoms with Gasteiger partial charge in [0.25, 0.3) is 0 Å². The smallest absolute Gasteiger partial charge is 0.410 e. The Labute approximate surface area is 141 Å². The normalized spacial score (nSPS) is 19.2. The second-order valence-electron chi connectivity index (χ2n) is 6.86. The molecule has 128 valence electrons. The van der Waals surface area contributed by atoms with Gasteiger partial charge in [-0.05, 0) is 58.2 Å². The average molecular weight is 343 g/mol. The Balaban J connectivity index is 1.92. The van der Waals surface area contributed by atoms with Crippen LogP contribution < -0.4 is 5.32 Å². The number of hydrogen-bond acceptors (Lipinski definition) is 3. The first kappa shape index (κ1) is 17.9. The third kappa shape index (κ3) is 5.57. The average Bonchev–Trinajstić information content (AvgIpc) is 2.66. The molecule has 1 atom stereocenters. The van der Waals surface area contributed by atoms with Gasteiger partial charge in [-0.2, -0.15) is 0 Å². The van der Waals surface area contributed by atoms with Gasteiger partial charge in [-0.25, -0.2) is 9.18 Å². The number of carbonyl (C=O) groups is 1. The maximum absolute atomic E-state index is 13.9. The molecule has 6 heteroatoms. The Bertz CT molecular complexity index is 560. The minimum absolute atomic E-state index is 0.123. The monoisotopic (exact) mass is 342 g/mol. The van der Waals surface area contributed by atoms with Crippen molar-refractivity contribution in [2.24, 2.45) is 0 Å². The van der Waals surface area contributed by atoms with Crippen LogP contribution in [-0.4, -0.2) is 35.7 Å². The van der Waals surface area contributed by atoms with Crippen LogP contribution in [0.15, 0.2) is 18.2 Å². The van der Waals surface area contributed by atoms with Gasteiger partial charge in [-0.1, -0.05) is 11.6 Å². The maximum atomic E-state index is 13.9. The van der Waals surface area contributed by atoms with Crippen molar-refractivity contribution >= 4 is 23.4 Å². The molecule has 0 saturated carbocycles. The molecule has 1 aliphatic heterocycles. The lowest BCUT2D eigenvalue weighted by molar-refractivity contribution is 0.0256. The quantitative estimate of drug-likeness (QED) is 0.848. The van der Waals surface area contributed by atoms with Gasteiger partial charge in [-0.15, -0.1) is 0 Å². The molecular formula is C17H24ClFN2O2. The number of nitrogens with one attached hydrogen (secondary N) is 1. The molecule has 1 N–H and O–H groups in total. The van der Waals surface area contributed by atoms with Crippen LogP contribution in [0.1, 0.15) is 40.0 Å². The fourth-order valence-corrected chi connectivity index (χ4v) is 2.73.